The van der Waals surface area contributed by atoms with E-state index in [1.54, 1.807) is 0 Å². The van der Waals surface area contributed by atoms with Crippen LogP contribution >= 0.6 is 0 Å². The standard InChI is InChI=1S/C10H22N2.C2H6/c1-7-12(9(4)5)11-10(6)8(2)3;1-2/h8-9H,7H2,1-6H3;1-2H3/b11-10+;. The maximum atomic E-state index is 4.54. The molecule has 0 saturated carbocycles. The first-order chi connectivity index (χ1) is 6.49. The van der Waals surface area contributed by atoms with E-state index < -0.39 is 0 Å². The summed E-state index contributed by atoms with van der Waals surface area (Å²) in [6, 6.07) is 0.503. The Kier molecular flexibility index (Phi) is 10.3. The predicted molar refractivity (Wildman–Crippen MR) is 66.8 cm³/mol. The molecule has 0 amide bonds. The Morgan fingerprint density at radius 1 is 1.14 bits per heavy atom. The molecule has 0 spiro atoms. The fourth-order valence-electron chi connectivity index (χ4n) is 0.869. The molecule has 0 saturated heterocycles. The summed E-state index contributed by atoms with van der Waals surface area (Å²) in [5.74, 6) is 0.554. The first-order valence-electron chi connectivity index (χ1n) is 5.80. The van der Waals surface area contributed by atoms with Gasteiger partial charge in [-0.25, -0.2) is 0 Å². The fraction of sp³-hybridized carbons (Fsp3) is 0.917. The lowest BCUT2D eigenvalue weighted by molar-refractivity contribution is 0.244. The average molecular weight is 200 g/mol. The highest BCUT2D eigenvalue weighted by atomic mass is 15.5. The summed E-state index contributed by atoms with van der Waals surface area (Å²) >= 11 is 0. The molecule has 14 heavy (non-hydrogen) atoms. The summed E-state index contributed by atoms with van der Waals surface area (Å²) in [6.45, 7) is 17.9. The van der Waals surface area contributed by atoms with Gasteiger partial charge in [0.25, 0.3) is 0 Å². The van der Waals surface area contributed by atoms with Crippen molar-refractivity contribution in [3.63, 3.8) is 0 Å². The second-order valence-electron chi connectivity index (χ2n) is 3.75. The third-order valence-corrected chi connectivity index (χ3v) is 2.04. The molecule has 0 rings (SSSR count). The Hall–Kier alpha value is -0.530. The van der Waals surface area contributed by atoms with E-state index >= 15 is 0 Å². The van der Waals surface area contributed by atoms with E-state index in [1.165, 1.54) is 5.71 Å². The number of rotatable bonds is 4. The first kappa shape index (κ1) is 15.9. The first-order valence-corrected chi connectivity index (χ1v) is 5.80. The van der Waals surface area contributed by atoms with Crippen LogP contribution in [0, 0.1) is 5.92 Å². The van der Waals surface area contributed by atoms with Crippen LogP contribution in [0.15, 0.2) is 5.10 Å². The van der Waals surface area contributed by atoms with Crippen molar-refractivity contribution in [2.45, 2.75) is 61.4 Å². The van der Waals surface area contributed by atoms with E-state index in [1.807, 2.05) is 13.8 Å². The Balaban J connectivity index is 0. The zero-order valence-electron chi connectivity index (χ0n) is 11.3. The highest BCUT2D eigenvalue weighted by molar-refractivity contribution is 5.83. The number of hydrogen-bond acceptors (Lipinski definition) is 2. The van der Waals surface area contributed by atoms with Crippen molar-refractivity contribution < 1.29 is 0 Å². The van der Waals surface area contributed by atoms with Gasteiger partial charge in [-0.1, -0.05) is 27.7 Å². The minimum absolute atomic E-state index is 0.503. The molecule has 0 aliphatic rings. The van der Waals surface area contributed by atoms with E-state index in [2.05, 4.69) is 51.7 Å². The van der Waals surface area contributed by atoms with Crippen molar-refractivity contribution in [3.8, 4) is 0 Å². The summed E-state index contributed by atoms with van der Waals surface area (Å²) in [7, 11) is 0. The molecule has 0 N–H and O–H groups in total. The minimum Gasteiger partial charge on any atom is -0.295 e. The van der Waals surface area contributed by atoms with Crippen LogP contribution in [-0.4, -0.2) is 23.3 Å². The molecule has 0 aromatic heterocycles. The lowest BCUT2D eigenvalue weighted by Crippen LogP contribution is -2.27. The van der Waals surface area contributed by atoms with Crippen molar-refractivity contribution in [1.29, 1.82) is 0 Å². The lowest BCUT2D eigenvalue weighted by Gasteiger charge is -2.23. The molecule has 2 heteroatoms. The van der Waals surface area contributed by atoms with Gasteiger partial charge in [-0.3, -0.25) is 5.01 Å². The molecule has 0 radical (unpaired) electrons. The van der Waals surface area contributed by atoms with Gasteiger partial charge in [0.05, 0.1) is 0 Å². The zero-order valence-corrected chi connectivity index (χ0v) is 11.3. The van der Waals surface area contributed by atoms with Crippen molar-refractivity contribution in [2.75, 3.05) is 6.54 Å². The molecule has 0 atom stereocenters. The van der Waals surface area contributed by atoms with Gasteiger partial charge in [-0.05, 0) is 33.6 Å². The second-order valence-corrected chi connectivity index (χ2v) is 3.75. The molecular weight excluding hydrogens is 172 g/mol. The fourth-order valence-corrected chi connectivity index (χ4v) is 0.869. The smallest absolute Gasteiger partial charge is 0.0414 e. The molecule has 0 bridgehead atoms. The van der Waals surface area contributed by atoms with Crippen molar-refractivity contribution in [1.82, 2.24) is 5.01 Å². The van der Waals surface area contributed by atoms with Crippen LogP contribution < -0.4 is 0 Å². The Bertz CT molecular complexity index is 148. The number of hydrogen-bond donors (Lipinski definition) is 0. The quantitative estimate of drug-likeness (QED) is 0.498. The van der Waals surface area contributed by atoms with Gasteiger partial charge in [0.2, 0.25) is 0 Å². The van der Waals surface area contributed by atoms with Crippen molar-refractivity contribution in [2.24, 2.45) is 11.0 Å². The highest BCUT2D eigenvalue weighted by Crippen LogP contribution is 2.03. The molecule has 0 aliphatic heterocycles. The van der Waals surface area contributed by atoms with Gasteiger partial charge in [0.15, 0.2) is 0 Å². The van der Waals surface area contributed by atoms with Crippen LogP contribution in [-0.2, 0) is 0 Å². The Labute approximate surface area is 90.4 Å². The summed E-state index contributed by atoms with van der Waals surface area (Å²) in [4.78, 5) is 0. The molecule has 0 aliphatic carbocycles. The second kappa shape index (κ2) is 9.04. The SMILES string of the molecule is CC.CCN(/N=C(\C)C(C)C)C(C)C. The molecule has 0 aromatic carbocycles. The molecule has 0 aromatic rings. The van der Waals surface area contributed by atoms with Gasteiger partial charge in [-0.2, -0.15) is 5.10 Å². The summed E-state index contributed by atoms with van der Waals surface area (Å²) < 4.78 is 0. The molecule has 86 valence electrons. The van der Waals surface area contributed by atoms with Crippen LogP contribution in [0.25, 0.3) is 0 Å². The summed E-state index contributed by atoms with van der Waals surface area (Å²) in [6.07, 6.45) is 0. The van der Waals surface area contributed by atoms with Gasteiger partial charge < -0.3 is 0 Å². The van der Waals surface area contributed by atoms with E-state index in [0.29, 0.717) is 12.0 Å². The van der Waals surface area contributed by atoms with Crippen LogP contribution in [0.1, 0.15) is 55.4 Å². The van der Waals surface area contributed by atoms with E-state index in [-0.39, 0.29) is 0 Å². The highest BCUT2D eigenvalue weighted by Gasteiger charge is 2.05. The van der Waals surface area contributed by atoms with Crippen LogP contribution in [0.3, 0.4) is 0 Å². The van der Waals surface area contributed by atoms with E-state index in [0.717, 1.165) is 6.54 Å². The van der Waals surface area contributed by atoms with Gasteiger partial charge >= 0.3 is 0 Å². The number of nitrogens with zero attached hydrogens (tertiary/aromatic N) is 2. The number of hydrazone groups is 1. The van der Waals surface area contributed by atoms with Crippen LogP contribution in [0.2, 0.25) is 0 Å². The maximum Gasteiger partial charge on any atom is 0.0414 e. The summed E-state index contributed by atoms with van der Waals surface area (Å²) in [5.41, 5.74) is 1.21. The predicted octanol–water partition coefficient (Wildman–Crippen LogP) is 3.77. The molecule has 2 nitrogen and oxygen atoms in total. The Morgan fingerprint density at radius 2 is 1.57 bits per heavy atom. The monoisotopic (exact) mass is 200 g/mol. The average Bonchev–Trinajstić information content (AvgIpc) is 2.16. The third kappa shape index (κ3) is 6.93. The largest absolute Gasteiger partial charge is 0.295 e. The van der Waals surface area contributed by atoms with E-state index in [4.69, 9.17) is 0 Å². The lowest BCUT2D eigenvalue weighted by atomic mass is 10.1. The van der Waals surface area contributed by atoms with Crippen LogP contribution in [0.5, 0.6) is 0 Å². The zero-order chi connectivity index (χ0) is 11.7. The van der Waals surface area contributed by atoms with Crippen molar-refractivity contribution in [3.05, 3.63) is 0 Å². The van der Waals surface area contributed by atoms with Crippen molar-refractivity contribution >= 4 is 5.71 Å². The Morgan fingerprint density at radius 3 is 1.79 bits per heavy atom. The molecule has 0 heterocycles. The maximum absolute atomic E-state index is 4.54. The topological polar surface area (TPSA) is 15.6 Å². The summed E-state index contributed by atoms with van der Waals surface area (Å²) in [5, 5.41) is 6.66. The third-order valence-electron chi connectivity index (χ3n) is 2.04. The normalized spacial score (nSPS) is 11.4. The van der Waals surface area contributed by atoms with E-state index in [9.17, 15) is 0 Å². The molecule has 0 fully saturated rings. The van der Waals surface area contributed by atoms with Crippen LogP contribution in [0.4, 0.5) is 0 Å². The van der Waals surface area contributed by atoms with Gasteiger partial charge in [0, 0.05) is 18.3 Å². The molecular formula is C12H28N2. The van der Waals surface area contributed by atoms with Gasteiger partial charge in [-0.15, -0.1) is 0 Å². The minimum atomic E-state index is 0.503. The van der Waals surface area contributed by atoms with Gasteiger partial charge in [0.1, 0.15) is 0 Å². The molecule has 0 unspecified atom stereocenters.